The molecule has 2 bridgehead atoms. The molecule has 8 heteroatoms. The van der Waals surface area contributed by atoms with Crippen LogP contribution in [0.1, 0.15) is 6.42 Å². The van der Waals surface area contributed by atoms with E-state index in [1.807, 2.05) is 0 Å². The first-order chi connectivity index (χ1) is 8.29. The van der Waals surface area contributed by atoms with Crippen molar-refractivity contribution < 1.29 is 14.4 Å². The highest BCUT2D eigenvalue weighted by atomic mass is 35.5. The number of fused-ring (bicyclic) bond motifs is 5. The molecule has 98 valence electrons. The Morgan fingerprint density at radius 2 is 1.50 bits per heavy atom. The largest absolute Gasteiger partial charge is 0.272 e. The zero-order chi connectivity index (χ0) is 13.5. The molecule has 1 saturated heterocycles. The predicted molar refractivity (Wildman–Crippen MR) is 66.4 cm³/mol. The number of imide groups is 1. The van der Waals surface area contributed by atoms with Crippen molar-refractivity contribution in [1.29, 1.82) is 0 Å². The second kappa shape index (κ2) is 3.55. The topological polar surface area (TPSA) is 46.6 Å². The summed E-state index contributed by atoms with van der Waals surface area (Å²) in [6, 6.07) is 0. The molecule has 0 N–H and O–H groups in total. The van der Waals surface area contributed by atoms with E-state index >= 15 is 0 Å². The molecule has 2 fully saturated rings. The minimum atomic E-state index is -1.20. The Morgan fingerprint density at radius 3 is 1.83 bits per heavy atom. The number of hydrogen-bond donors (Lipinski definition) is 0. The van der Waals surface area contributed by atoms with Gasteiger partial charge in [0, 0.05) is 0 Å². The van der Waals surface area contributed by atoms with Crippen molar-refractivity contribution in [3.63, 3.8) is 0 Å². The Bertz CT molecular complexity index is 479. The fourth-order valence-electron chi connectivity index (χ4n) is 3.13. The van der Waals surface area contributed by atoms with E-state index in [4.69, 9.17) is 51.2 Å². The molecular weight excluding hydrogens is 324 g/mol. The third-order valence-electron chi connectivity index (χ3n) is 3.87. The lowest BCUT2D eigenvalue weighted by Crippen LogP contribution is -2.38. The van der Waals surface area contributed by atoms with Crippen LogP contribution in [-0.2, 0) is 14.4 Å². The second-order valence-corrected chi connectivity index (χ2v) is 6.74. The number of carbonyl (C=O) groups excluding carboxylic acids is 2. The van der Waals surface area contributed by atoms with Gasteiger partial charge in [-0.2, -0.15) is 5.06 Å². The van der Waals surface area contributed by atoms with Gasteiger partial charge in [0.25, 0.3) is 11.8 Å². The van der Waals surface area contributed by atoms with Crippen molar-refractivity contribution in [2.45, 2.75) is 16.2 Å². The number of allylic oxidation sites excluding steroid dienone is 2. The number of hydrogen-bond acceptors (Lipinski definition) is 3. The van der Waals surface area contributed by atoms with Crippen LogP contribution in [0.25, 0.3) is 0 Å². The minimum Gasteiger partial charge on any atom is -0.272 e. The van der Waals surface area contributed by atoms with E-state index in [2.05, 4.69) is 0 Å². The molecule has 0 aromatic rings. The van der Waals surface area contributed by atoms with Crippen LogP contribution in [0.2, 0.25) is 0 Å². The second-order valence-electron chi connectivity index (χ2n) is 4.64. The summed E-state index contributed by atoms with van der Waals surface area (Å²) in [5, 5.41) is 0.991. The molecule has 2 amide bonds. The maximum atomic E-state index is 12.1. The molecule has 1 heterocycles. The standard InChI is InChI=1S/C10H7Cl4NO3/c1-18-15-7(16)3-4(8(15)17)10(14)2-9(3,13)5(11)6(10)12/h3-4H,2H2,1H3/t3-,4+,9-,10+. The van der Waals surface area contributed by atoms with Gasteiger partial charge in [0.05, 0.1) is 38.8 Å². The fourth-order valence-corrected chi connectivity index (χ4v) is 5.05. The fraction of sp³-hybridized carbons (Fsp3) is 0.600. The van der Waals surface area contributed by atoms with Gasteiger partial charge in [-0.15, -0.1) is 23.2 Å². The minimum absolute atomic E-state index is 0.154. The van der Waals surface area contributed by atoms with Gasteiger partial charge in [0.15, 0.2) is 0 Å². The number of carbonyl (C=O) groups is 2. The van der Waals surface area contributed by atoms with Crippen LogP contribution in [0.3, 0.4) is 0 Å². The van der Waals surface area contributed by atoms with E-state index in [0.717, 1.165) is 0 Å². The van der Waals surface area contributed by atoms with E-state index in [0.29, 0.717) is 5.06 Å². The van der Waals surface area contributed by atoms with Crippen LogP contribution in [0, 0.1) is 11.8 Å². The Labute approximate surface area is 123 Å². The summed E-state index contributed by atoms with van der Waals surface area (Å²) in [7, 11) is 1.23. The van der Waals surface area contributed by atoms with Crippen LogP contribution in [0.4, 0.5) is 0 Å². The van der Waals surface area contributed by atoms with Crippen LogP contribution < -0.4 is 0 Å². The highest BCUT2D eigenvalue weighted by Crippen LogP contribution is 2.69. The highest BCUT2D eigenvalue weighted by molar-refractivity contribution is 6.52. The van der Waals surface area contributed by atoms with Crippen LogP contribution >= 0.6 is 46.4 Å². The zero-order valence-corrected chi connectivity index (χ0v) is 12.1. The zero-order valence-electron chi connectivity index (χ0n) is 9.05. The smallest absolute Gasteiger partial charge is 0.259 e. The number of amides is 2. The third kappa shape index (κ3) is 1.15. The van der Waals surface area contributed by atoms with Crippen molar-refractivity contribution in [2.75, 3.05) is 7.11 Å². The van der Waals surface area contributed by atoms with Crippen molar-refractivity contribution >= 4 is 58.2 Å². The SMILES string of the molecule is CON1C(=O)[C@@H]2[C@H](C1=O)[C@]1(Cl)C[C@@]2(Cl)C(Cl)=C1Cl. The summed E-state index contributed by atoms with van der Waals surface area (Å²) < 4.78 is 0. The summed E-state index contributed by atoms with van der Waals surface area (Å²) in [5.74, 6) is -2.68. The van der Waals surface area contributed by atoms with E-state index in [1.54, 1.807) is 0 Å². The predicted octanol–water partition coefficient (Wildman–Crippen LogP) is 2.21. The molecule has 0 radical (unpaired) electrons. The molecule has 4 nitrogen and oxygen atoms in total. The van der Waals surface area contributed by atoms with Crippen molar-refractivity contribution in [2.24, 2.45) is 11.8 Å². The molecule has 1 saturated carbocycles. The maximum Gasteiger partial charge on any atom is 0.259 e. The first-order valence-electron chi connectivity index (χ1n) is 5.15. The molecule has 2 aliphatic carbocycles. The van der Waals surface area contributed by atoms with Crippen LogP contribution in [0.5, 0.6) is 0 Å². The summed E-state index contributed by atoms with van der Waals surface area (Å²) in [4.78, 5) is 26.6. The van der Waals surface area contributed by atoms with Crippen molar-refractivity contribution in [1.82, 2.24) is 5.06 Å². The monoisotopic (exact) mass is 329 g/mol. The lowest BCUT2D eigenvalue weighted by Gasteiger charge is -2.28. The molecule has 1 aliphatic heterocycles. The average Bonchev–Trinajstić information content (AvgIpc) is 2.78. The molecule has 0 unspecified atom stereocenters. The van der Waals surface area contributed by atoms with Gasteiger partial charge in [0.1, 0.15) is 0 Å². The Morgan fingerprint density at radius 1 is 1.11 bits per heavy atom. The molecule has 0 spiro atoms. The number of hydroxylamine groups is 2. The molecule has 4 atom stereocenters. The lowest BCUT2D eigenvalue weighted by molar-refractivity contribution is -0.181. The number of alkyl halides is 2. The Hall–Kier alpha value is -0.000000000000000167. The van der Waals surface area contributed by atoms with Gasteiger partial charge in [-0.25, -0.2) is 0 Å². The van der Waals surface area contributed by atoms with Crippen LogP contribution in [-0.4, -0.2) is 33.7 Å². The normalized spacial score (nSPS) is 46.4. The summed E-state index contributed by atoms with van der Waals surface area (Å²) in [6.07, 6.45) is 0.172. The van der Waals surface area contributed by atoms with Gasteiger partial charge < -0.3 is 0 Å². The average molecular weight is 331 g/mol. The number of rotatable bonds is 1. The van der Waals surface area contributed by atoms with Gasteiger partial charge >= 0.3 is 0 Å². The van der Waals surface area contributed by atoms with E-state index < -0.39 is 33.4 Å². The van der Waals surface area contributed by atoms with E-state index in [9.17, 15) is 9.59 Å². The highest BCUT2D eigenvalue weighted by Gasteiger charge is 2.76. The van der Waals surface area contributed by atoms with Crippen LogP contribution in [0.15, 0.2) is 10.1 Å². The van der Waals surface area contributed by atoms with Crippen molar-refractivity contribution in [3.8, 4) is 0 Å². The molecule has 0 aromatic heterocycles. The third-order valence-corrected chi connectivity index (χ3v) is 6.33. The van der Waals surface area contributed by atoms with E-state index in [1.165, 1.54) is 7.11 Å². The lowest BCUT2D eigenvalue weighted by atomic mass is 9.84. The molecule has 3 aliphatic rings. The first-order valence-corrected chi connectivity index (χ1v) is 6.66. The van der Waals surface area contributed by atoms with Gasteiger partial charge in [-0.1, -0.05) is 23.2 Å². The molecule has 0 aromatic carbocycles. The molecule has 18 heavy (non-hydrogen) atoms. The summed E-state index contributed by atoms with van der Waals surface area (Å²) >= 11 is 24.9. The number of nitrogens with zero attached hydrogens (tertiary/aromatic N) is 1. The first kappa shape index (κ1) is 13.0. The number of halogens is 4. The van der Waals surface area contributed by atoms with Gasteiger partial charge in [0.2, 0.25) is 0 Å². The Kier molecular flexibility index (Phi) is 2.57. The van der Waals surface area contributed by atoms with Gasteiger partial charge in [-0.05, 0) is 6.42 Å². The summed E-state index contributed by atoms with van der Waals surface area (Å²) in [6.45, 7) is 0. The molecular formula is C10H7Cl4NO3. The van der Waals surface area contributed by atoms with Crippen molar-refractivity contribution in [3.05, 3.63) is 10.1 Å². The Balaban J connectivity index is 2.20. The molecule has 3 rings (SSSR count). The van der Waals surface area contributed by atoms with E-state index in [-0.39, 0.29) is 16.5 Å². The maximum absolute atomic E-state index is 12.1. The summed E-state index contributed by atoms with van der Waals surface area (Å²) in [5.41, 5.74) is 0. The quantitative estimate of drug-likeness (QED) is 0.547. The van der Waals surface area contributed by atoms with Gasteiger partial charge in [-0.3, -0.25) is 14.4 Å².